The summed E-state index contributed by atoms with van der Waals surface area (Å²) >= 11 is 0. The van der Waals surface area contributed by atoms with Crippen LogP contribution >= 0.6 is 0 Å². The Labute approximate surface area is 171 Å². The minimum atomic E-state index is -0.139. The Bertz CT molecular complexity index is 941. The van der Waals surface area contributed by atoms with Gasteiger partial charge in [0.05, 0.1) is 13.7 Å². The van der Waals surface area contributed by atoms with Crippen LogP contribution < -0.4 is 19.5 Å². The third kappa shape index (κ3) is 5.75. The van der Waals surface area contributed by atoms with E-state index in [1.54, 1.807) is 13.2 Å². The van der Waals surface area contributed by atoms with Crippen molar-refractivity contribution >= 4 is 5.91 Å². The second-order valence-corrected chi connectivity index (χ2v) is 6.39. The fourth-order valence-electron chi connectivity index (χ4n) is 2.86. The van der Waals surface area contributed by atoms with E-state index in [-0.39, 0.29) is 12.5 Å². The summed E-state index contributed by atoms with van der Waals surface area (Å²) in [6.07, 6.45) is 0. The molecule has 0 bridgehead atoms. The molecule has 3 rings (SSSR count). The van der Waals surface area contributed by atoms with E-state index in [4.69, 9.17) is 14.2 Å². The Morgan fingerprint density at radius 3 is 2.45 bits per heavy atom. The molecule has 0 spiro atoms. The van der Waals surface area contributed by atoms with E-state index in [0.717, 1.165) is 16.9 Å². The zero-order valence-electron chi connectivity index (χ0n) is 16.7. The third-order valence-corrected chi connectivity index (χ3v) is 4.35. The standard InChI is InChI=1S/C24H25NO4/c1-3-28-23-13-12-19(24(26)25-16-18-8-5-4-6-9-18)14-20(23)17-29-22-11-7-10-21(15-22)27-2/h4-15H,3,16-17H2,1-2H3,(H,25,26). The van der Waals surface area contributed by atoms with Crippen LogP contribution in [0.25, 0.3) is 0 Å². The van der Waals surface area contributed by atoms with Gasteiger partial charge >= 0.3 is 0 Å². The highest BCUT2D eigenvalue weighted by atomic mass is 16.5. The van der Waals surface area contributed by atoms with Crippen LogP contribution in [0.2, 0.25) is 0 Å². The Hall–Kier alpha value is -3.47. The molecular formula is C24H25NO4. The summed E-state index contributed by atoms with van der Waals surface area (Å²) in [4.78, 5) is 12.6. The minimum Gasteiger partial charge on any atom is -0.497 e. The van der Waals surface area contributed by atoms with Gasteiger partial charge in [-0.15, -0.1) is 0 Å². The normalized spacial score (nSPS) is 10.3. The number of hydrogen-bond donors (Lipinski definition) is 1. The summed E-state index contributed by atoms with van der Waals surface area (Å²) in [7, 11) is 1.61. The van der Waals surface area contributed by atoms with Crippen LogP contribution in [-0.2, 0) is 13.2 Å². The second kappa shape index (κ2) is 10.2. The Kier molecular flexibility index (Phi) is 7.11. The molecule has 0 heterocycles. The van der Waals surface area contributed by atoms with Gasteiger partial charge in [-0.25, -0.2) is 0 Å². The second-order valence-electron chi connectivity index (χ2n) is 6.39. The van der Waals surface area contributed by atoms with E-state index < -0.39 is 0 Å². The smallest absolute Gasteiger partial charge is 0.251 e. The van der Waals surface area contributed by atoms with Crippen molar-refractivity contribution in [2.45, 2.75) is 20.1 Å². The van der Waals surface area contributed by atoms with Crippen molar-refractivity contribution in [3.63, 3.8) is 0 Å². The average molecular weight is 391 g/mol. The van der Waals surface area contributed by atoms with Crippen LogP contribution in [0.5, 0.6) is 17.2 Å². The summed E-state index contributed by atoms with van der Waals surface area (Å²) < 4.78 is 16.8. The number of nitrogens with one attached hydrogen (secondary N) is 1. The highest BCUT2D eigenvalue weighted by molar-refractivity contribution is 5.94. The molecule has 0 aliphatic heterocycles. The van der Waals surface area contributed by atoms with Gasteiger partial charge in [-0.1, -0.05) is 36.4 Å². The molecule has 0 atom stereocenters. The number of hydrogen-bond acceptors (Lipinski definition) is 4. The fraction of sp³-hybridized carbons (Fsp3) is 0.208. The molecule has 3 aromatic rings. The molecular weight excluding hydrogens is 366 g/mol. The molecule has 0 aliphatic carbocycles. The third-order valence-electron chi connectivity index (χ3n) is 4.35. The van der Waals surface area contributed by atoms with E-state index >= 15 is 0 Å². The van der Waals surface area contributed by atoms with Crippen LogP contribution in [0.4, 0.5) is 0 Å². The zero-order valence-corrected chi connectivity index (χ0v) is 16.7. The van der Waals surface area contributed by atoms with Crippen LogP contribution in [0.1, 0.15) is 28.4 Å². The molecule has 0 aliphatic rings. The first kappa shape index (κ1) is 20.3. The summed E-state index contributed by atoms with van der Waals surface area (Å²) in [6.45, 7) is 3.21. The number of carbonyl (C=O) groups is 1. The van der Waals surface area contributed by atoms with Gasteiger partial charge in [0, 0.05) is 23.7 Å². The summed E-state index contributed by atoms with van der Waals surface area (Å²) in [5.41, 5.74) is 2.42. The molecule has 0 saturated heterocycles. The van der Waals surface area contributed by atoms with Gasteiger partial charge in [-0.05, 0) is 42.8 Å². The van der Waals surface area contributed by atoms with Gasteiger partial charge in [-0.2, -0.15) is 0 Å². The first-order valence-corrected chi connectivity index (χ1v) is 9.54. The topological polar surface area (TPSA) is 56.8 Å². The van der Waals surface area contributed by atoms with Crippen LogP contribution in [0.15, 0.2) is 72.8 Å². The van der Waals surface area contributed by atoms with E-state index in [0.29, 0.717) is 30.2 Å². The molecule has 1 amide bonds. The molecule has 29 heavy (non-hydrogen) atoms. The molecule has 1 N–H and O–H groups in total. The maximum absolute atomic E-state index is 12.6. The average Bonchev–Trinajstić information content (AvgIpc) is 2.77. The van der Waals surface area contributed by atoms with Gasteiger partial charge < -0.3 is 19.5 Å². The Morgan fingerprint density at radius 2 is 1.69 bits per heavy atom. The molecule has 0 fully saturated rings. The maximum Gasteiger partial charge on any atom is 0.251 e. The predicted octanol–water partition coefficient (Wildman–Crippen LogP) is 4.60. The molecule has 0 radical (unpaired) electrons. The number of carbonyl (C=O) groups excluding carboxylic acids is 1. The summed E-state index contributed by atoms with van der Waals surface area (Å²) in [6, 6.07) is 22.6. The van der Waals surface area contributed by atoms with Gasteiger partial charge in [0.1, 0.15) is 23.9 Å². The number of methoxy groups -OCH3 is 1. The van der Waals surface area contributed by atoms with Crippen LogP contribution in [0, 0.1) is 0 Å². The molecule has 3 aromatic carbocycles. The lowest BCUT2D eigenvalue weighted by molar-refractivity contribution is 0.0950. The molecule has 5 nitrogen and oxygen atoms in total. The fourth-order valence-corrected chi connectivity index (χ4v) is 2.86. The summed E-state index contributed by atoms with van der Waals surface area (Å²) in [5.74, 6) is 1.97. The van der Waals surface area contributed by atoms with Gasteiger partial charge in [0.15, 0.2) is 0 Å². The van der Waals surface area contributed by atoms with Crippen molar-refractivity contribution in [3.05, 3.63) is 89.5 Å². The Balaban J connectivity index is 1.71. The molecule has 0 aromatic heterocycles. The lowest BCUT2D eigenvalue weighted by Gasteiger charge is -2.14. The zero-order chi connectivity index (χ0) is 20.5. The monoisotopic (exact) mass is 391 g/mol. The lowest BCUT2D eigenvalue weighted by atomic mass is 10.1. The molecule has 0 saturated carbocycles. The van der Waals surface area contributed by atoms with Crippen molar-refractivity contribution in [3.8, 4) is 17.2 Å². The quantitative estimate of drug-likeness (QED) is 0.579. The Morgan fingerprint density at radius 1 is 0.897 bits per heavy atom. The number of benzene rings is 3. The van der Waals surface area contributed by atoms with E-state index in [1.807, 2.05) is 73.7 Å². The maximum atomic E-state index is 12.6. The molecule has 0 unspecified atom stereocenters. The van der Waals surface area contributed by atoms with Crippen LogP contribution in [0.3, 0.4) is 0 Å². The van der Waals surface area contributed by atoms with E-state index in [1.165, 1.54) is 0 Å². The number of rotatable bonds is 9. The number of amides is 1. The molecule has 150 valence electrons. The summed E-state index contributed by atoms with van der Waals surface area (Å²) in [5, 5.41) is 2.95. The van der Waals surface area contributed by atoms with Crippen molar-refractivity contribution in [1.82, 2.24) is 5.32 Å². The van der Waals surface area contributed by atoms with Gasteiger partial charge in [0.25, 0.3) is 5.91 Å². The minimum absolute atomic E-state index is 0.139. The lowest BCUT2D eigenvalue weighted by Crippen LogP contribution is -2.23. The molecule has 5 heteroatoms. The predicted molar refractivity (Wildman–Crippen MR) is 113 cm³/mol. The highest BCUT2D eigenvalue weighted by Gasteiger charge is 2.12. The van der Waals surface area contributed by atoms with Gasteiger partial charge in [-0.3, -0.25) is 4.79 Å². The van der Waals surface area contributed by atoms with E-state index in [2.05, 4.69) is 5.32 Å². The first-order valence-electron chi connectivity index (χ1n) is 9.54. The number of ether oxygens (including phenoxy) is 3. The van der Waals surface area contributed by atoms with E-state index in [9.17, 15) is 4.79 Å². The van der Waals surface area contributed by atoms with Gasteiger partial charge in [0.2, 0.25) is 0 Å². The van der Waals surface area contributed by atoms with Crippen LogP contribution in [-0.4, -0.2) is 19.6 Å². The van der Waals surface area contributed by atoms with Crippen molar-refractivity contribution < 1.29 is 19.0 Å². The first-order chi connectivity index (χ1) is 14.2. The van der Waals surface area contributed by atoms with Crippen molar-refractivity contribution in [2.75, 3.05) is 13.7 Å². The SMILES string of the molecule is CCOc1ccc(C(=O)NCc2ccccc2)cc1COc1cccc(OC)c1. The largest absolute Gasteiger partial charge is 0.497 e. The van der Waals surface area contributed by atoms with Crippen molar-refractivity contribution in [2.24, 2.45) is 0 Å². The highest BCUT2D eigenvalue weighted by Crippen LogP contribution is 2.24. The van der Waals surface area contributed by atoms with Crippen molar-refractivity contribution in [1.29, 1.82) is 0 Å².